The average molecular weight is 260 g/mol. The molecule has 19 heavy (non-hydrogen) atoms. The van der Waals surface area contributed by atoms with E-state index in [4.69, 9.17) is 0 Å². The maximum absolute atomic E-state index is 11.9. The second-order valence-corrected chi connectivity index (χ2v) is 4.95. The molecule has 1 amide bonds. The van der Waals surface area contributed by atoms with Gasteiger partial charge in [0.05, 0.1) is 5.69 Å². The Bertz CT molecular complexity index is 500. The Morgan fingerprint density at radius 1 is 1.37 bits per heavy atom. The molecule has 1 aromatic heterocycles. The zero-order chi connectivity index (χ0) is 13.7. The van der Waals surface area contributed by atoms with Crippen molar-refractivity contribution in [3.63, 3.8) is 0 Å². The van der Waals surface area contributed by atoms with Crippen LogP contribution in [0.25, 0.3) is 0 Å². The van der Waals surface area contributed by atoms with Gasteiger partial charge in [-0.15, -0.1) is 0 Å². The Kier molecular flexibility index (Phi) is 4.55. The fraction of sp³-hybridized carbons (Fsp3) is 0.467. The zero-order valence-electron chi connectivity index (χ0n) is 11.3. The number of carbonyl (C=O) groups is 2. The number of carbonyl (C=O) groups excluding carboxylic acids is 2. The number of hydrogen-bond donors (Lipinski definition) is 1. The molecule has 0 spiro atoms. The molecule has 0 bridgehead atoms. The molecule has 102 valence electrons. The molecule has 0 aromatic carbocycles. The van der Waals surface area contributed by atoms with Crippen LogP contribution >= 0.6 is 0 Å². The molecule has 4 heteroatoms. The number of hydrogen-bond acceptors (Lipinski definition) is 2. The number of nitrogens with zero attached hydrogens (tertiary/aromatic N) is 1. The lowest BCUT2D eigenvalue weighted by molar-refractivity contribution is -0.117. The van der Waals surface area contributed by atoms with Crippen LogP contribution < -0.4 is 5.32 Å². The van der Waals surface area contributed by atoms with E-state index in [2.05, 4.69) is 11.4 Å². The van der Waals surface area contributed by atoms with E-state index < -0.39 is 11.7 Å². The first kappa shape index (κ1) is 13.6. The van der Waals surface area contributed by atoms with E-state index >= 15 is 0 Å². The van der Waals surface area contributed by atoms with Gasteiger partial charge in [0, 0.05) is 19.8 Å². The number of Topliss-reactive ketones (excluding diaryl/α,β-unsaturated/α-hetero) is 1. The lowest BCUT2D eigenvalue weighted by Gasteiger charge is -2.12. The van der Waals surface area contributed by atoms with Gasteiger partial charge >= 0.3 is 0 Å². The Hall–Kier alpha value is -1.84. The summed E-state index contributed by atoms with van der Waals surface area (Å²) in [6.07, 6.45) is 9.64. The largest absolute Gasteiger partial charge is 0.349 e. The van der Waals surface area contributed by atoms with Crippen molar-refractivity contribution in [2.45, 2.75) is 32.1 Å². The summed E-state index contributed by atoms with van der Waals surface area (Å²) in [4.78, 5) is 23.6. The highest BCUT2D eigenvalue weighted by atomic mass is 16.2. The molecule has 0 saturated heterocycles. The number of aromatic nitrogens is 1. The summed E-state index contributed by atoms with van der Waals surface area (Å²) in [6, 6.07) is 3.42. The van der Waals surface area contributed by atoms with Crippen molar-refractivity contribution in [2.75, 3.05) is 6.54 Å². The summed E-state index contributed by atoms with van der Waals surface area (Å²) >= 11 is 0. The molecule has 4 nitrogen and oxygen atoms in total. The van der Waals surface area contributed by atoms with E-state index in [1.54, 1.807) is 29.9 Å². The van der Waals surface area contributed by atoms with Crippen LogP contribution in [0.4, 0.5) is 0 Å². The number of allylic oxidation sites excluding steroid dienone is 1. The Balaban J connectivity index is 1.80. The monoisotopic (exact) mass is 260 g/mol. The van der Waals surface area contributed by atoms with Gasteiger partial charge in [0.25, 0.3) is 11.7 Å². The number of rotatable bonds is 5. The van der Waals surface area contributed by atoms with Crippen LogP contribution in [0.2, 0.25) is 0 Å². The van der Waals surface area contributed by atoms with E-state index in [-0.39, 0.29) is 0 Å². The van der Waals surface area contributed by atoms with Crippen LogP contribution in [-0.4, -0.2) is 22.8 Å². The molecule has 1 aromatic rings. The summed E-state index contributed by atoms with van der Waals surface area (Å²) in [5.74, 6) is -0.983. The summed E-state index contributed by atoms with van der Waals surface area (Å²) in [5.41, 5.74) is 1.83. The number of ketones is 1. The van der Waals surface area contributed by atoms with Gasteiger partial charge in [-0.1, -0.05) is 11.6 Å². The standard InChI is InChI=1S/C15H20N2O2/c1-17-11-5-8-13(17)14(18)15(19)16-10-9-12-6-3-2-4-7-12/h5-6,8,11H,2-4,7,9-10H2,1H3,(H,16,19). The van der Waals surface area contributed by atoms with Crippen molar-refractivity contribution in [1.29, 1.82) is 0 Å². The smallest absolute Gasteiger partial charge is 0.294 e. The minimum absolute atomic E-state index is 0.425. The molecule has 0 aliphatic heterocycles. The van der Waals surface area contributed by atoms with Crippen molar-refractivity contribution in [3.05, 3.63) is 35.7 Å². The van der Waals surface area contributed by atoms with Gasteiger partial charge in [0.15, 0.2) is 0 Å². The van der Waals surface area contributed by atoms with Crippen LogP contribution in [-0.2, 0) is 11.8 Å². The number of amides is 1. The van der Waals surface area contributed by atoms with Gasteiger partial charge in [0.1, 0.15) is 0 Å². The van der Waals surface area contributed by atoms with E-state index in [1.807, 2.05) is 0 Å². The minimum Gasteiger partial charge on any atom is -0.349 e. The maximum atomic E-state index is 11.9. The second-order valence-electron chi connectivity index (χ2n) is 4.95. The molecule has 1 heterocycles. The summed E-state index contributed by atoms with van der Waals surface area (Å²) in [6.45, 7) is 0.542. The average Bonchev–Trinajstić information content (AvgIpc) is 2.85. The quantitative estimate of drug-likeness (QED) is 0.501. The molecule has 2 rings (SSSR count). The highest BCUT2D eigenvalue weighted by molar-refractivity contribution is 6.42. The van der Waals surface area contributed by atoms with Crippen LogP contribution in [0.1, 0.15) is 42.6 Å². The molecule has 0 radical (unpaired) electrons. The molecule has 0 saturated carbocycles. The number of aryl methyl sites for hydroxylation is 1. The van der Waals surface area contributed by atoms with Crippen molar-refractivity contribution < 1.29 is 9.59 Å². The first-order valence-corrected chi connectivity index (χ1v) is 6.80. The molecule has 0 fully saturated rings. The van der Waals surface area contributed by atoms with Gasteiger partial charge in [-0.05, 0) is 44.2 Å². The molecule has 1 N–H and O–H groups in total. The fourth-order valence-corrected chi connectivity index (χ4v) is 2.36. The van der Waals surface area contributed by atoms with E-state index in [0.717, 1.165) is 19.3 Å². The first-order chi connectivity index (χ1) is 9.18. The normalized spacial score (nSPS) is 14.9. The zero-order valence-corrected chi connectivity index (χ0v) is 11.3. The Morgan fingerprint density at radius 2 is 2.21 bits per heavy atom. The Morgan fingerprint density at radius 3 is 2.84 bits per heavy atom. The lowest BCUT2D eigenvalue weighted by atomic mass is 9.97. The summed E-state index contributed by atoms with van der Waals surface area (Å²) in [5, 5.41) is 2.70. The second kappa shape index (κ2) is 6.36. The number of nitrogens with one attached hydrogen (secondary N) is 1. The topological polar surface area (TPSA) is 51.1 Å². The van der Waals surface area contributed by atoms with Gasteiger partial charge in [-0.25, -0.2) is 0 Å². The van der Waals surface area contributed by atoms with E-state index in [9.17, 15) is 9.59 Å². The van der Waals surface area contributed by atoms with Gasteiger partial charge in [-0.3, -0.25) is 9.59 Å². The lowest BCUT2D eigenvalue weighted by Crippen LogP contribution is -2.32. The Labute approximate surface area is 113 Å². The molecular weight excluding hydrogens is 240 g/mol. The van der Waals surface area contributed by atoms with Gasteiger partial charge in [0.2, 0.25) is 0 Å². The van der Waals surface area contributed by atoms with Crippen molar-refractivity contribution in [1.82, 2.24) is 9.88 Å². The first-order valence-electron chi connectivity index (χ1n) is 6.80. The van der Waals surface area contributed by atoms with Crippen molar-refractivity contribution in [2.24, 2.45) is 7.05 Å². The predicted molar refractivity (Wildman–Crippen MR) is 73.9 cm³/mol. The third kappa shape index (κ3) is 3.56. The summed E-state index contributed by atoms with van der Waals surface area (Å²) < 4.78 is 1.66. The molecule has 1 aliphatic carbocycles. The van der Waals surface area contributed by atoms with Crippen LogP contribution in [0.5, 0.6) is 0 Å². The molecule has 1 aliphatic rings. The van der Waals surface area contributed by atoms with E-state index in [1.165, 1.54) is 18.4 Å². The minimum atomic E-state index is -0.516. The molecular formula is C15H20N2O2. The highest BCUT2D eigenvalue weighted by Gasteiger charge is 2.17. The maximum Gasteiger partial charge on any atom is 0.294 e. The van der Waals surface area contributed by atoms with Crippen LogP contribution in [0.15, 0.2) is 30.0 Å². The molecule has 0 unspecified atom stereocenters. The van der Waals surface area contributed by atoms with E-state index in [0.29, 0.717) is 12.2 Å². The highest BCUT2D eigenvalue weighted by Crippen LogP contribution is 2.19. The third-order valence-electron chi connectivity index (χ3n) is 3.50. The SMILES string of the molecule is Cn1cccc1C(=O)C(=O)NCCC1=CCCCC1. The van der Waals surface area contributed by atoms with Gasteiger partial charge < -0.3 is 9.88 Å². The van der Waals surface area contributed by atoms with Crippen LogP contribution in [0.3, 0.4) is 0 Å². The summed E-state index contributed by atoms with van der Waals surface area (Å²) in [7, 11) is 1.76. The van der Waals surface area contributed by atoms with Crippen molar-refractivity contribution >= 4 is 11.7 Å². The predicted octanol–water partition coefficient (Wildman–Crippen LogP) is 2.21. The van der Waals surface area contributed by atoms with Crippen LogP contribution in [0, 0.1) is 0 Å². The third-order valence-corrected chi connectivity index (χ3v) is 3.50. The molecule has 0 atom stereocenters. The fourth-order valence-electron chi connectivity index (χ4n) is 2.36. The van der Waals surface area contributed by atoms with Gasteiger partial charge in [-0.2, -0.15) is 0 Å². The van der Waals surface area contributed by atoms with Crippen molar-refractivity contribution in [3.8, 4) is 0 Å².